The smallest absolute Gasteiger partial charge is 0.132 e. The Hall–Kier alpha value is -0.590. The molecule has 12 heavy (non-hydrogen) atoms. The van der Waals surface area contributed by atoms with Gasteiger partial charge in [0.1, 0.15) is 5.78 Å². The number of hydrogen-bond donors (Lipinski definition) is 0. The zero-order chi connectivity index (χ0) is 8.81. The number of carbonyl (C=O) groups is 1. The maximum absolute atomic E-state index is 11.2. The summed E-state index contributed by atoms with van der Waals surface area (Å²) >= 11 is 0. The predicted molar refractivity (Wildman–Crippen MR) is 51.1 cm³/mol. The van der Waals surface area contributed by atoms with E-state index in [1.807, 2.05) is 0 Å². The molecule has 0 aromatic rings. The SMILES string of the molecule is C/C1=C\CCCC(=O)CCCC1. The minimum atomic E-state index is 0.461. The number of allylic oxidation sites excluding steroid dienone is 2. The average molecular weight is 166 g/mol. The molecule has 0 radical (unpaired) electrons. The second-order valence-electron chi connectivity index (χ2n) is 3.69. The van der Waals surface area contributed by atoms with Crippen LogP contribution in [0.3, 0.4) is 0 Å². The normalized spacial score (nSPS) is 26.1. The first-order valence-electron chi connectivity index (χ1n) is 4.96. The number of rotatable bonds is 0. The molecule has 1 nitrogen and oxygen atoms in total. The van der Waals surface area contributed by atoms with E-state index in [1.165, 1.54) is 18.4 Å². The lowest BCUT2D eigenvalue weighted by Crippen LogP contribution is -1.98. The van der Waals surface area contributed by atoms with E-state index in [1.54, 1.807) is 0 Å². The fourth-order valence-electron chi connectivity index (χ4n) is 1.60. The van der Waals surface area contributed by atoms with E-state index >= 15 is 0 Å². The van der Waals surface area contributed by atoms with Crippen LogP contribution in [0.4, 0.5) is 0 Å². The van der Waals surface area contributed by atoms with Crippen LogP contribution in [0.25, 0.3) is 0 Å². The van der Waals surface area contributed by atoms with Crippen LogP contribution in [0.1, 0.15) is 51.9 Å². The van der Waals surface area contributed by atoms with Gasteiger partial charge >= 0.3 is 0 Å². The van der Waals surface area contributed by atoms with E-state index in [-0.39, 0.29) is 0 Å². The summed E-state index contributed by atoms with van der Waals surface area (Å²) in [6.07, 6.45) is 9.51. The summed E-state index contributed by atoms with van der Waals surface area (Å²) in [5.41, 5.74) is 1.50. The van der Waals surface area contributed by atoms with E-state index in [2.05, 4.69) is 13.0 Å². The number of ketones is 1. The van der Waals surface area contributed by atoms with Crippen molar-refractivity contribution in [2.45, 2.75) is 51.9 Å². The average Bonchev–Trinajstić information content (AvgIpc) is 2.06. The molecule has 0 fully saturated rings. The largest absolute Gasteiger partial charge is 0.300 e. The fraction of sp³-hybridized carbons (Fsp3) is 0.727. The van der Waals surface area contributed by atoms with Gasteiger partial charge in [0.2, 0.25) is 0 Å². The van der Waals surface area contributed by atoms with Crippen molar-refractivity contribution in [3.05, 3.63) is 11.6 Å². The van der Waals surface area contributed by atoms with Crippen molar-refractivity contribution in [2.75, 3.05) is 0 Å². The molecule has 0 spiro atoms. The third kappa shape index (κ3) is 3.70. The first-order chi connectivity index (χ1) is 5.79. The molecule has 1 heteroatoms. The molecule has 0 unspecified atom stereocenters. The Balaban J connectivity index is 2.39. The lowest BCUT2D eigenvalue weighted by Gasteiger charge is -2.05. The molecule has 0 saturated carbocycles. The van der Waals surface area contributed by atoms with Gasteiger partial charge in [-0.15, -0.1) is 0 Å². The van der Waals surface area contributed by atoms with Gasteiger partial charge in [-0.25, -0.2) is 0 Å². The van der Waals surface area contributed by atoms with Gasteiger partial charge in [-0.1, -0.05) is 11.6 Å². The van der Waals surface area contributed by atoms with Crippen molar-refractivity contribution in [1.29, 1.82) is 0 Å². The van der Waals surface area contributed by atoms with E-state index in [4.69, 9.17) is 0 Å². The third-order valence-corrected chi connectivity index (χ3v) is 2.43. The van der Waals surface area contributed by atoms with Gasteiger partial charge in [-0.05, 0) is 39.0 Å². The Labute approximate surface area is 74.9 Å². The van der Waals surface area contributed by atoms with Gasteiger partial charge in [-0.2, -0.15) is 0 Å². The molecule has 0 saturated heterocycles. The first kappa shape index (κ1) is 9.50. The van der Waals surface area contributed by atoms with E-state index in [0.717, 1.165) is 32.1 Å². The minimum Gasteiger partial charge on any atom is -0.300 e. The molecule has 0 aliphatic heterocycles. The Bertz CT molecular complexity index is 179. The predicted octanol–water partition coefficient (Wildman–Crippen LogP) is 3.25. The summed E-state index contributed by atoms with van der Waals surface area (Å²) in [4.78, 5) is 11.2. The molecule has 0 bridgehead atoms. The topological polar surface area (TPSA) is 17.1 Å². The molecule has 0 atom stereocenters. The van der Waals surface area contributed by atoms with Crippen LogP contribution in [-0.4, -0.2) is 5.78 Å². The number of Topliss-reactive ketones (excluding diaryl/α,β-unsaturated/α-hetero) is 1. The van der Waals surface area contributed by atoms with Crippen LogP contribution in [0.15, 0.2) is 11.6 Å². The van der Waals surface area contributed by atoms with Crippen LogP contribution >= 0.6 is 0 Å². The molecule has 1 rings (SSSR count). The molecule has 0 aromatic heterocycles. The third-order valence-electron chi connectivity index (χ3n) is 2.43. The Kier molecular flexibility index (Phi) is 4.06. The van der Waals surface area contributed by atoms with E-state index in [0.29, 0.717) is 5.78 Å². The molecule has 0 aromatic carbocycles. The molecule has 0 amide bonds. The van der Waals surface area contributed by atoms with E-state index < -0.39 is 0 Å². The second kappa shape index (κ2) is 5.13. The second-order valence-corrected chi connectivity index (χ2v) is 3.69. The van der Waals surface area contributed by atoms with Gasteiger partial charge in [0.25, 0.3) is 0 Å². The summed E-state index contributed by atoms with van der Waals surface area (Å²) in [5.74, 6) is 0.461. The monoisotopic (exact) mass is 166 g/mol. The maximum atomic E-state index is 11.2. The van der Waals surface area contributed by atoms with Crippen molar-refractivity contribution < 1.29 is 4.79 Å². The summed E-state index contributed by atoms with van der Waals surface area (Å²) in [7, 11) is 0. The van der Waals surface area contributed by atoms with Crippen molar-refractivity contribution in [2.24, 2.45) is 0 Å². The standard InChI is InChI=1S/C11H18O/c1-10-6-2-4-8-11(12)9-5-3-7-10/h6H,2-5,7-9H2,1H3/b10-6+. The molecule has 1 aliphatic carbocycles. The van der Waals surface area contributed by atoms with Crippen LogP contribution < -0.4 is 0 Å². The van der Waals surface area contributed by atoms with Crippen LogP contribution in [0.5, 0.6) is 0 Å². The molecule has 68 valence electrons. The molecular formula is C11H18O. The van der Waals surface area contributed by atoms with Gasteiger partial charge < -0.3 is 0 Å². The minimum absolute atomic E-state index is 0.461. The number of carbonyl (C=O) groups excluding carboxylic acids is 1. The summed E-state index contributed by atoms with van der Waals surface area (Å²) in [6.45, 7) is 2.20. The first-order valence-corrected chi connectivity index (χ1v) is 4.96. The van der Waals surface area contributed by atoms with E-state index in [9.17, 15) is 4.79 Å². The van der Waals surface area contributed by atoms with Crippen molar-refractivity contribution in [3.8, 4) is 0 Å². The lowest BCUT2D eigenvalue weighted by atomic mass is 10.0. The molecular weight excluding hydrogens is 148 g/mol. The van der Waals surface area contributed by atoms with Crippen molar-refractivity contribution >= 4 is 5.78 Å². The molecule has 1 aliphatic rings. The van der Waals surface area contributed by atoms with Crippen molar-refractivity contribution in [1.82, 2.24) is 0 Å². The fourth-order valence-corrected chi connectivity index (χ4v) is 1.60. The van der Waals surface area contributed by atoms with Crippen LogP contribution in [0.2, 0.25) is 0 Å². The van der Waals surface area contributed by atoms with Crippen LogP contribution in [0, 0.1) is 0 Å². The zero-order valence-corrected chi connectivity index (χ0v) is 7.94. The van der Waals surface area contributed by atoms with Crippen molar-refractivity contribution in [3.63, 3.8) is 0 Å². The highest BCUT2D eigenvalue weighted by molar-refractivity contribution is 5.78. The summed E-state index contributed by atoms with van der Waals surface area (Å²) in [5, 5.41) is 0. The lowest BCUT2D eigenvalue weighted by molar-refractivity contribution is -0.119. The Morgan fingerprint density at radius 1 is 1.08 bits per heavy atom. The highest BCUT2D eigenvalue weighted by Crippen LogP contribution is 2.14. The summed E-state index contributed by atoms with van der Waals surface area (Å²) < 4.78 is 0. The maximum Gasteiger partial charge on any atom is 0.132 e. The Morgan fingerprint density at radius 2 is 1.75 bits per heavy atom. The quantitative estimate of drug-likeness (QED) is 0.505. The summed E-state index contributed by atoms with van der Waals surface area (Å²) in [6, 6.07) is 0. The molecule has 0 N–H and O–H groups in total. The number of hydrogen-bond acceptors (Lipinski definition) is 1. The van der Waals surface area contributed by atoms with Gasteiger partial charge in [0.05, 0.1) is 0 Å². The van der Waals surface area contributed by atoms with Gasteiger partial charge in [0.15, 0.2) is 0 Å². The van der Waals surface area contributed by atoms with Gasteiger partial charge in [-0.3, -0.25) is 4.79 Å². The highest BCUT2D eigenvalue weighted by atomic mass is 16.1. The molecule has 0 heterocycles. The zero-order valence-electron chi connectivity index (χ0n) is 7.94. The van der Waals surface area contributed by atoms with Crippen LogP contribution in [-0.2, 0) is 4.79 Å². The van der Waals surface area contributed by atoms with Gasteiger partial charge in [0, 0.05) is 12.8 Å². The Morgan fingerprint density at radius 3 is 2.58 bits per heavy atom. The highest BCUT2D eigenvalue weighted by Gasteiger charge is 2.03.